The summed E-state index contributed by atoms with van der Waals surface area (Å²) in [7, 11) is 1.56. The molecule has 0 spiro atoms. The van der Waals surface area contributed by atoms with Crippen LogP contribution in [0.4, 0.5) is 5.69 Å². The Hall–Kier alpha value is -2.45. The number of rotatable bonds is 7. The number of piperazine rings is 1. The molecule has 2 heterocycles. The lowest BCUT2D eigenvalue weighted by atomic mass is 10.1. The molecular weight excluding hydrogens is 424 g/mol. The van der Waals surface area contributed by atoms with Gasteiger partial charge in [-0.25, -0.2) is 0 Å². The number of nitrogens with zero attached hydrogens (tertiary/aromatic N) is 3. The zero-order valence-corrected chi connectivity index (χ0v) is 18.6. The predicted molar refractivity (Wildman–Crippen MR) is 120 cm³/mol. The minimum Gasteiger partial charge on any atom is -0.496 e. The lowest BCUT2D eigenvalue weighted by Crippen LogP contribution is -2.50. The Morgan fingerprint density at radius 3 is 2.47 bits per heavy atom. The number of hydrogen-bond donors (Lipinski definition) is 1. The van der Waals surface area contributed by atoms with Gasteiger partial charge in [0.05, 0.1) is 23.3 Å². The van der Waals surface area contributed by atoms with E-state index in [0.29, 0.717) is 48.1 Å². The standard InChI is InChI=1S/C21H25ClN4O3S/c1-3-10-30-24-17-4-5-18(19(12-17)29-2)21(28)26-8-6-25(7-9-26)20(27)15-11-16(22)14-23-13-15/h4-5,11-14,24H,3,6-10H2,1-2H3. The topological polar surface area (TPSA) is 74.8 Å². The fraction of sp³-hybridized carbons (Fsp3) is 0.381. The van der Waals surface area contributed by atoms with E-state index in [9.17, 15) is 9.59 Å². The van der Waals surface area contributed by atoms with Crippen molar-refractivity contribution >= 4 is 41.1 Å². The summed E-state index contributed by atoms with van der Waals surface area (Å²) in [6.07, 6.45) is 4.07. The monoisotopic (exact) mass is 448 g/mol. The van der Waals surface area contributed by atoms with Gasteiger partial charge in [-0.1, -0.05) is 30.5 Å². The third-order valence-electron chi connectivity index (χ3n) is 4.73. The van der Waals surface area contributed by atoms with Gasteiger partial charge in [-0.05, 0) is 24.6 Å². The first-order chi connectivity index (χ1) is 14.5. The molecule has 0 saturated carbocycles. The van der Waals surface area contributed by atoms with Crippen molar-refractivity contribution in [2.24, 2.45) is 0 Å². The number of methoxy groups -OCH3 is 1. The van der Waals surface area contributed by atoms with E-state index < -0.39 is 0 Å². The predicted octanol–water partition coefficient (Wildman–Crippen LogP) is 3.81. The second-order valence-electron chi connectivity index (χ2n) is 6.84. The number of pyridine rings is 1. The molecule has 1 fully saturated rings. The van der Waals surface area contributed by atoms with Crippen LogP contribution < -0.4 is 9.46 Å². The number of halogens is 1. The van der Waals surface area contributed by atoms with Crippen molar-refractivity contribution in [1.82, 2.24) is 14.8 Å². The summed E-state index contributed by atoms with van der Waals surface area (Å²) in [4.78, 5) is 33.1. The van der Waals surface area contributed by atoms with Gasteiger partial charge in [-0.3, -0.25) is 14.6 Å². The molecule has 30 heavy (non-hydrogen) atoms. The van der Waals surface area contributed by atoms with Crippen molar-refractivity contribution < 1.29 is 14.3 Å². The van der Waals surface area contributed by atoms with Crippen molar-refractivity contribution in [2.45, 2.75) is 13.3 Å². The van der Waals surface area contributed by atoms with E-state index in [1.807, 2.05) is 12.1 Å². The number of aromatic nitrogens is 1. The molecule has 1 N–H and O–H groups in total. The van der Waals surface area contributed by atoms with Gasteiger partial charge in [0.15, 0.2) is 0 Å². The molecule has 160 valence electrons. The Kier molecular flexibility index (Phi) is 7.81. The molecule has 7 nitrogen and oxygen atoms in total. The number of hydrogen-bond acceptors (Lipinski definition) is 6. The quantitative estimate of drug-likeness (QED) is 0.512. The summed E-state index contributed by atoms with van der Waals surface area (Å²) in [6.45, 7) is 3.93. The zero-order chi connectivity index (χ0) is 21.5. The average molecular weight is 449 g/mol. The highest BCUT2D eigenvalue weighted by Crippen LogP contribution is 2.26. The van der Waals surface area contributed by atoms with Gasteiger partial charge < -0.3 is 19.3 Å². The maximum atomic E-state index is 13.0. The van der Waals surface area contributed by atoms with Gasteiger partial charge in [0.2, 0.25) is 0 Å². The molecule has 3 rings (SSSR count). The molecule has 0 atom stereocenters. The number of benzene rings is 1. The van der Waals surface area contributed by atoms with Crippen LogP contribution in [0.5, 0.6) is 5.75 Å². The third kappa shape index (κ3) is 5.37. The van der Waals surface area contributed by atoms with Crippen molar-refractivity contribution in [3.8, 4) is 5.75 Å². The normalized spacial score (nSPS) is 13.8. The van der Waals surface area contributed by atoms with E-state index >= 15 is 0 Å². The second kappa shape index (κ2) is 10.5. The van der Waals surface area contributed by atoms with Gasteiger partial charge in [0, 0.05) is 56.1 Å². The summed E-state index contributed by atoms with van der Waals surface area (Å²) in [5.41, 5.74) is 1.86. The summed E-state index contributed by atoms with van der Waals surface area (Å²) in [5.74, 6) is 1.30. The van der Waals surface area contributed by atoms with Crippen molar-refractivity contribution in [3.05, 3.63) is 52.8 Å². The lowest BCUT2D eigenvalue weighted by molar-refractivity contribution is 0.0533. The molecule has 0 aliphatic carbocycles. The first kappa shape index (κ1) is 22.2. The van der Waals surface area contributed by atoms with Crippen LogP contribution in [0.2, 0.25) is 5.02 Å². The Balaban J connectivity index is 1.62. The number of amides is 2. The summed E-state index contributed by atoms with van der Waals surface area (Å²) >= 11 is 7.55. The summed E-state index contributed by atoms with van der Waals surface area (Å²) in [5, 5.41) is 0.424. The van der Waals surface area contributed by atoms with Gasteiger partial charge >= 0.3 is 0 Å². The fourth-order valence-electron chi connectivity index (χ4n) is 3.16. The van der Waals surface area contributed by atoms with Crippen LogP contribution in [0.1, 0.15) is 34.1 Å². The maximum absolute atomic E-state index is 13.0. The molecule has 0 unspecified atom stereocenters. The number of anilines is 1. The molecule has 1 aromatic heterocycles. The highest BCUT2D eigenvalue weighted by atomic mass is 35.5. The van der Waals surface area contributed by atoms with E-state index in [1.165, 1.54) is 12.4 Å². The largest absolute Gasteiger partial charge is 0.496 e. The Bertz CT molecular complexity index is 904. The van der Waals surface area contributed by atoms with Crippen molar-refractivity contribution in [1.29, 1.82) is 0 Å². The Labute approximate surface area is 185 Å². The number of carbonyl (C=O) groups is 2. The molecule has 1 aliphatic rings. The minimum absolute atomic E-state index is 0.101. The van der Waals surface area contributed by atoms with Crippen LogP contribution in [-0.2, 0) is 0 Å². The minimum atomic E-state index is -0.130. The number of carbonyl (C=O) groups excluding carboxylic acids is 2. The SMILES string of the molecule is CCCSNc1ccc(C(=O)N2CCN(C(=O)c3cncc(Cl)c3)CC2)c(OC)c1. The van der Waals surface area contributed by atoms with E-state index in [4.69, 9.17) is 16.3 Å². The van der Waals surface area contributed by atoms with Crippen LogP contribution >= 0.6 is 23.5 Å². The molecule has 0 radical (unpaired) electrons. The first-order valence-corrected chi connectivity index (χ1v) is 11.1. The smallest absolute Gasteiger partial charge is 0.257 e. The molecule has 9 heteroatoms. The first-order valence-electron chi connectivity index (χ1n) is 9.78. The number of nitrogens with one attached hydrogen (secondary N) is 1. The molecular formula is C21H25ClN4O3S. The van der Waals surface area contributed by atoms with E-state index in [2.05, 4.69) is 16.6 Å². The highest BCUT2D eigenvalue weighted by molar-refractivity contribution is 8.00. The van der Waals surface area contributed by atoms with Gasteiger partial charge in [-0.15, -0.1) is 0 Å². The molecule has 2 aromatic rings. The second-order valence-corrected chi connectivity index (χ2v) is 8.18. The molecule has 1 saturated heterocycles. The summed E-state index contributed by atoms with van der Waals surface area (Å²) in [6, 6.07) is 7.10. The van der Waals surface area contributed by atoms with Gasteiger partial charge in [0.1, 0.15) is 5.75 Å². The van der Waals surface area contributed by atoms with Crippen LogP contribution in [0.15, 0.2) is 36.7 Å². The van der Waals surface area contributed by atoms with E-state index in [-0.39, 0.29) is 11.8 Å². The van der Waals surface area contributed by atoms with E-state index in [1.54, 1.807) is 41.0 Å². The van der Waals surface area contributed by atoms with Crippen LogP contribution in [-0.4, -0.2) is 65.6 Å². The maximum Gasteiger partial charge on any atom is 0.257 e. The third-order valence-corrected chi connectivity index (χ3v) is 5.93. The molecule has 2 amide bonds. The van der Waals surface area contributed by atoms with Crippen molar-refractivity contribution in [3.63, 3.8) is 0 Å². The van der Waals surface area contributed by atoms with Crippen molar-refractivity contribution in [2.75, 3.05) is 43.8 Å². The van der Waals surface area contributed by atoms with Crippen LogP contribution in [0.25, 0.3) is 0 Å². The molecule has 1 aliphatic heterocycles. The van der Waals surface area contributed by atoms with Gasteiger partial charge in [0.25, 0.3) is 11.8 Å². The highest BCUT2D eigenvalue weighted by Gasteiger charge is 2.27. The van der Waals surface area contributed by atoms with Crippen LogP contribution in [0, 0.1) is 0 Å². The zero-order valence-electron chi connectivity index (χ0n) is 17.1. The average Bonchev–Trinajstić information content (AvgIpc) is 2.78. The lowest BCUT2D eigenvalue weighted by Gasteiger charge is -2.35. The van der Waals surface area contributed by atoms with Crippen LogP contribution in [0.3, 0.4) is 0 Å². The molecule has 0 bridgehead atoms. The Morgan fingerprint density at radius 2 is 1.83 bits per heavy atom. The number of ether oxygens (including phenoxy) is 1. The molecule has 1 aromatic carbocycles. The fourth-order valence-corrected chi connectivity index (χ4v) is 3.94. The van der Waals surface area contributed by atoms with E-state index in [0.717, 1.165) is 17.9 Å². The summed E-state index contributed by atoms with van der Waals surface area (Å²) < 4.78 is 8.71. The Morgan fingerprint density at radius 1 is 1.13 bits per heavy atom. The van der Waals surface area contributed by atoms with Gasteiger partial charge in [-0.2, -0.15) is 0 Å².